The molecule has 3 heteroatoms. The van der Waals surface area contributed by atoms with E-state index in [4.69, 9.17) is 4.74 Å². The third-order valence-electron chi connectivity index (χ3n) is 2.82. The van der Waals surface area contributed by atoms with Gasteiger partial charge in [0.05, 0.1) is 0 Å². The van der Waals surface area contributed by atoms with Gasteiger partial charge in [-0.1, -0.05) is 61.2 Å². The van der Waals surface area contributed by atoms with Crippen LogP contribution in [0.4, 0.5) is 0 Å². The summed E-state index contributed by atoms with van der Waals surface area (Å²) in [6, 6.07) is 16.9. The molecule has 20 heavy (non-hydrogen) atoms. The van der Waals surface area contributed by atoms with Crippen molar-refractivity contribution in [2.24, 2.45) is 0 Å². The highest BCUT2D eigenvalue weighted by atomic mass is 16.5. The van der Waals surface area contributed by atoms with Crippen LogP contribution in [0.15, 0.2) is 67.3 Å². The molecule has 0 N–H and O–H groups in total. The second-order valence-corrected chi connectivity index (χ2v) is 4.15. The number of rotatable bonds is 5. The predicted molar refractivity (Wildman–Crippen MR) is 77.4 cm³/mol. The summed E-state index contributed by atoms with van der Waals surface area (Å²) in [6.45, 7) is 3.01. The maximum atomic E-state index is 12.1. The van der Waals surface area contributed by atoms with Gasteiger partial charge in [0.1, 0.15) is 0 Å². The minimum Gasteiger partial charge on any atom is -0.454 e. The number of carbonyl (C=O) groups excluding carboxylic acids is 2. The van der Waals surface area contributed by atoms with E-state index in [0.717, 1.165) is 17.2 Å². The highest BCUT2D eigenvalue weighted by Gasteiger charge is 2.13. The van der Waals surface area contributed by atoms with Crippen LogP contribution in [-0.4, -0.2) is 18.4 Å². The fourth-order valence-corrected chi connectivity index (χ4v) is 1.87. The number of ketones is 1. The Morgan fingerprint density at radius 1 is 1.00 bits per heavy atom. The molecule has 2 aromatic carbocycles. The smallest absolute Gasteiger partial charge is 0.330 e. The summed E-state index contributed by atoms with van der Waals surface area (Å²) in [6.07, 6.45) is 1.04. The number of Topliss-reactive ketones (excluding diaryl/α,β-unsaturated/α-hetero) is 1. The average Bonchev–Trinajstić information content (AvgIpc) is 2.53. The van der Waals surface area contributed by atoms with E-state index in [2.05, 4.69) is 6.58 Å². The predicted octanol–water partition coefficient (Wildman–Crippen LogP) is 3.27. The lowest BCUT2D eigenvalue weighted by atomic mass is 9.97. The maximum Gasteiger partial charge on any atom is 0.330 e. The molecule has 0 unspecified atom stereocenters. The molecule has 3 nitrogen and oxygen atoms in total. The van der Waals surface area contributed by atoms with E-state index < -0.39 is 5.97 Å². The quantitative estimate of drug-likeness (QED) is 0.474. The van der Waals surface area contributed by atoms with Crippen molar-refractivity contribution in [1.29, 1.82) is 0 Å². The number of benzene rings is 2. The van der Waals surface area contributed by atoms with Crippen LogP contribution in [0.2, 0.25) is 0 Å². The molecular formula is C17H14O3. The monoisotopic (exact) mass is 266 g/mol. The molecule has 0 aliphatic carbocycles. The van der Waals surface area contributed by atoms with Gasteiger partial charge in [-0.3, -0.25) is 4.79 Å². The number of esters is 1. The van der Waals surface area contributed by atoms with Gasteiger partial charge in [-0.25, -0.2) is 4.79 Å². The number of hydrogen-bond donors (Lipinski definition) is 0. The summed E-state index contributed by atoms with van der Waals surface area (Å²) in [5, 5.41) is 0. The van der Waals surface area contributed by atoms with Crippen molar-refractivity contribution in [3.05, 3.63) is 72.8 Å². The first-order valence-electron chi connectivity index (χ1n) is 6.19. The zero-order valence-electron chi connectivity index (χ0n) is 10.9. The molecule has 2 aromatic rings. The standard InChI is InChI=1S/C17H14O3/c1-2-17(19)20-12-16(18)15-11-7-6-10-14(15)13-8-4-3-5-9-13/h2-11H,1,12H2. The lowest BCUT2D eigenvalue weighted by Crippen LogP contribution is -2.13. The van der Waals surface area contributed by atoms with E-state index in [-0.39, 0.29) is 12.4 Å². The van der Waals surface area contributed by atoms with Crippen LogP contribution < -0.4 is 0 Å². The van der Waals surface area contributed by atoms with Crippen LogP contribution in [0.5, 0.6) is 0 Å². The zero-order valence-corrected chi connectivity index (χ0v) is 10.9. The molecule has 0 saturated heterocycles. The van der Waals surface area contributed by atoms with Crippen molar-refractivity contribution in [1.82, 2.24) is 0 Å². The van der Waals surface area contributed by atoms with Crippen molar-refractivity contribution in [3.63, 3.8) is 0 Å². The van der Waals surface area contributed by atoms with Crippen LogP contribution in [0.25, 0.3) is 11.1 Å². The molecule has 0 heterocycles. The van der Waals surface area contributed by atoms with E-state index in [1.54, 1.807) is 12.1 Å². The second kappa shape index (κ2) is 6.48. The van der Waals surface area contributed by atoms with Crippen molar-refractivity contribution in [3.8, 4) is 11.1 Å². The molecule has 0 atom stereocenters. The molecule has 0 aromatic heterocycles. The molecule has 0 aliphatic rings. The SMILES string of the molecule is C=CC(=O)OCC(=O)c1ccccc1-c1ccccc1. The van der Waals surface area contributed by atoms with Gasteiger partial charge in [-0.15, -0.1) is 0 Å². The molecule has 0 radical (unpaired) electrons. The Labute approximate surface area is 117 Å². The normalized spacial score (nSPS) is 9.80. The Morgan fingerprint density at radius 3 is 2.35 bits per heavy atom. The fraction of sp³-hybridized carbons (Fsp3) is 0.0588. The van der Waals surface area contributed by atoms with E-state index >= 15 is 0 Å². The number of ether oxygens (including phenoxy) is 1. The largest absolute Gasteiger partial charge is 0.454 e. The Balaban J connectivity index is 2.26. The van der Waals surface area contributed by atoms with Crippen LogP contribution in [0.1, 0.15) is 10.4 Å². The summed E-state index contributed by atoms with van der Waals surface area (Å²) in [7, 11) is 0. The zero-order chi connectivity index (χ0) is 14.4. The summed E-state index contributed by atoms with van der Waals surface area (Å²) in [5.41, 5.74) is 2.31. The molecule has 0 saturated carbocycles. The molecule has 0 bridgehead atoms. The van der Waals surface area contributed by atoms with Gasteiger partial charge >= 0.3 is 5.97 Å². The Bertz CT molecular complexity index is 630. The molecule has 0 fully saturated rings. The van der Waals surface area contributed by atoms with Gasteiger partial charge in [0, 0.05) is 11.6 Å². The first kappa shape index (κ1) is 13.7. The lowest BCUT2D eigenvalue weighted by molar-refractivity contribution is -0.136. The minimum atomic E-state index is -0.601. The topological polar surface area (TPSA) is 43.4 Å². The Kier molecular flexibility index (Phi) is 4.45. The molecule has 0 amide bonds. The van der Waals surface area contributed by atoms with Gasteiger partial charge in [-0.2, -0.15) is 0 Å². The minimum absolute atomic E-state index is 0.236. The average molecular weight is 266 g/mol. The number of hydrogen-bond acceptors (Lipinski definition) is 3. The van der Waals surface area contributed by atoms with Crippen LogP contribution in [0, 0.1) is 0 Å². The summed E-state index contributed by atoms with van der Waals surface area (Å²) < 4.78 is 4.79. The van der Waals surface area contributed by atoms with E-state index in [1.165, 1.54) is 0 Å². The molecule has 0 aliphatic heterocycles. The molecular weight excluding hydrogens is 252 g/mol. The van der Waals surface area contributed by atoms with Crippen molar-refractivity contribution in [2.75, 3.05) is 6.61 Å². The third-order valence-corrected chi connectivity index (χ3v) is 2.82. The second-order valence-electron chi connectivity index (χ2n) is 4.15. The van der Waals surface area contributed by atoms with Gasteiger partial charge in [0.15, 0.2) is 6.61 Å². The van der Waals surface area contributed by atoms with E-state index in [1.807, 2.05) is 42.5 Å². The summed E-state index contributed by atoms with van der Waals surface area (Å²) >= 11 is 0. The number of carbonyl (C=O) groups is 2. The van der Waals surface area contributed by atoms with E-state index in [0.29, 0.717) is 5.56 Å². The van der Waals surface area contributed by atoms with Gasteiger partial charge in [0.2, 0.25) is 5.78 Å². The Morgan fingerprint density at radius 2 is 1.65 bits per heavy atom. The van der Waals surface area contributed by atoms with Crippen LogP contribution >= 0.6 is 0 Å². The van der Waals surface area contributed by atoms with Crippen molar-refractivity contribution >= 4 is 11.8 Å². The van der Waals surface area contributed by atoms with Crippen LogP contribution in [-0.2, 0) is 9.53 Å². The fourth-order valence-electron chi connectivity index (χ4n) is 1.87. The van der Waals surface area contributed by atoms with E-state index in [9.17, 15) is 9.59 Å². The summed E-state index contributed by atoms with van der Waals surface area (Å²) in [5.74, 6) is -0.838. The highest BCUT2D eigenvalue weighted by molar-refractivity contribution is 6.03. The first-order valence-corrected chi connectivity index (χ1v) is 6.19. The summed E-state index contributed by atoms with van der Waals surface area (Å²) in [4.78, 5) is 23.2. The highest BCUT2D eigenvalue weighted by Crippen LogP contribution is 2.23. The third kappa shape index (κ3) is 3.20. The maximum absolute atomic E-state index is 12.1. The van der Waals surface area contributed by atoms with Crippen LogP contribution in [0.3, 0.4) is 0 Å². The molecule has 2 rings (SSSR count). The van der Waals surface area contributed by atoms with Crippen molar-refractivity contribution < 1.29 is 14.3 Å². The van der Waals surface area contributed by atoms with Crippen molar-refractivity contribution in [2.45, 2.75) is 0 Å². The first-order chi connectivity index (χ1) is 9.72. The van der Waals surface area contributed by atoms with Gasteiger partial charge < -0.3 is 4.74 Å². The molecule has 0 spiro atoms. The Hall–Kier alpha value is -2.68. The van der Waals surface area contributed by atoms with Gasteiger partial charge in [0.25, 0.3) is 0 Å². The van der Waals surface area contributed by atoms with Gasteiger partial charge in [-0.05, 0) is 11.1 Å². The molecule has 100 valence electrons. The lowest BCUT2D eigenvalue weighted by Gasteiger charge is -2.08.